The molecule has 4 nitrogen and oxygen atoms in total. The van der Waals surface area contributed by atoms with E-state index in [0.29, 0.717) is 5.56 Å². The van der Waals surface area contributed by atoms with Gasteiger partial charge in [-0.15, -0.1) is 0 Å². The molecule has 0 aliphatic heterocycles. The first-order valence-electron chi connectivity index (χ1n) is 10.4. The second-order valence-corrected chi connectivity index (χ2v) is 7.42. The van der Waals surface area contributed by atoms with Crippen LogP contribution in [0.4, 0.5) is 5.69 Å². The van der Waals surface area contributed by atoms with Crippen LogP contribution in [0.3, 0.4) is 0 Å². The smallest absolute Gasteiger partial charge is 0.310 e. The van der Waals surface area contributed by atoms with Crippen molar-refractivity contribution in [3.63, 3.8) is 0 Å². The van der Waals surface area contributed by atoms with Crippen LogP contribution in [0.1, 0.15) is 21.5 Å². The van der Waals surface area contributed by atoms with Crippen LogP contribution < -0.4 is 5.32 Å². The highest BCUT2D eigenvalue weighted by molar-refractivity contribution is 6.04. The SMILES string of the molecule is O=C(Cc1ccc(-c2ccccc2)cc1)OCc1ccc(C(=O)Nc2ccccc2)cc1. The molecule has 0 aliphatic carbocycles. The number of benzene rings is 4. The number of hydrogen-bond acceptors (Lipinski definition) is 3. The van der Waals surface area contributed by atoms with E-state index < -0.39 is 0 Å². The molecule has 0 radical (unpaired) electrons. The summed E-state index contributed by atoms with van der Waals surface area (Å²) in [6.45, 7) is 0.168. The van der Waals surface area contributed by atoms with Crippen molar-refractivity contribution in [2.75, 3.05) is 5.32 Å². The van der Waals surface area contributed by atoms with Gasteiger partial charge in [-0.1, -0.05) is 84.9 Å². The molecular weight excluding hydrogens is 398 g/mol. The number of ether oxygens (including phenoxy) is 1. The first-order chi connectivity index (χ1) is 15.7. The Labute approximate surface area is 187 Å². The number of esters is 1. The summed E-state index contributed by atoms with van der Waals surface area (Å²) in [7, 11) is 0. The van der Waals surface area contributed by atoms with E-state index in [2.05, 4.69) is 17.4 Å². The minimum absolute atomic E-state index is 0.168. The molecule has 0 aliphatic rings. The van der Waals surface area contributed by atoms with E-state index in [-0.39, 0.29) is 24.9 Å². The highest BCUT2D eigenvalue weighted by Gasteiger charge is 2.08. The lowest BCUT2D eigenvalue weighted by Gasteiger charge is -2.08. The zero-order valence-electron chi connectivity index (χ0n) is 17.5. The molecule has 0 fully saturated rings. The number of rotatable bonds is 7. The standard InChI is InChI=1S/C28H23NO3/c30-27(19-21-11-15-24(16-12-21)23-7-3-1-4-8-23)32-20-22-13-17-25(18-14-22)28(31)29-26-9-5-2-6-10-26/h1-18H,19-20H2,(H,29,31). The first-order valence-corrected chi connectivity index (χ1v) is 10.4. The topological polar surface area (TPSA) is 55.4 Å². The third kappa shape index (κ3) is 5.70. The average molecular weight is 421 g/mol. The van der Waals surface area contributed by atoms with Gasteiger partial charge in [0.05, 0.1) is 6.42 Å². The third-order valence-electron chi connectivity index (χ3n) is 5.06. The molecule has 4 aromatic rings. The lowest BCUT2D eigenvalue weighted by Crippen LogP contribution is -2.12. The van der Waals surface area contributed by atoms with Gasteiger partial charge in [0, 0.05) is 11.3 Å². The highest BCUT2D eigenvalue weighted by Crippen LogP contribution is 2.19. The molecule has 0 atom stereocenters. The number of hydrogen-bond donors (Lipinski definition) is 1. The van der Waals surface area contributed by atoms with E-state index in [0.717, 1.165) is 27.9 Å². The zero-order chi connectivity index (χ0) is 22.2. The lowest BCUT2D eigenvalue weighted by molar-refractivity contribution is -0.144. The van der Waals surface area contributed by atoms with Gasteiger partial charge in [-0.25, -0.2) is 0 Å². The predicted molar refractivity (Wildman–Crippen MR) is 126 cm³/mol. The van der Waals surface area contributed by atoms with Gasteiger partial charge in [0.25, 0.3) is 5.91 Å². The van der Waals surface area contributed by atoms with Crippen molar-refractivity contribution in [3.8, 4) is 11.1 Å². The van der Waals surface area contributed by atoms with Crippen LogP contribution in [-0.4, -0.2) is 11.9 Å². The van der Waals surface area contributed by atoms with Crippen LogP contribution in [0.5, 0.6) is 0 Å². The van der Waals surface area contributed by atoms with Gasteiger partial charge in [0.2, 0.25) is 0 Å². The van der Waals surface area contributed by atoms with Crippen LogP contribution >= 0.6 is 0 Å². The zero-order valence-corrected chi connectivity index (χ0v) is 17.5. The maximum Gasteiger partial charge on any atom is 0.310 e. The average Bonchev–Trinajstić information content (AvgIpc) is 2.85. The Balaban J connectivity index is 1.27. The fourth-order valence-corrected chi connectivity index (χ4v) is 3.30. The number of carbonyl (C=O) groups excluding carboxylic acids is 2. The molecule has 0 bridgehead atoms. The second kappa shape index (κ2) is 10.2. The second-order valence-electron chi connectivity index (χ2n) is 7.42. The molecule has 0 spiro atoms. The van der Waals surface area contributed by atoms with Crippen LogP contribution in [0, 0.1) is 0 Å². The van der Waals surface area contributed by atoms with E-state index in [1.165, 1.54) is 0 Å². The van der Waals surface area contributed by atoms with Crippen molar-refractivity contribution < 1.29 is 14.3 Å². The quantitative estimate of drug-likeness (QED) is 0.379. The fraction of sp³-hybridized carbons (Fsp3) is 0.0714. The molecule has 4 rings (SSSR count). The molecule has 0 saturated heterocycles. The van der Waals surface area contributed by atoms with Crippen molar-refractivity contribution in [2.45, 2.75) is 13.0 Å². The summed E-state index contributed by atoms with van der Waals surface area (Å²) in [4.78, 5) is 24.5. The van der Waals surface area contributed by atoms with Gasteiger partial charge in [-0.2, -0.15) is 0 Å². The van der Waals surface area contributed by atoms with E-state index in [9.17, 15) is 9.59 Å². The molecule has 158 valence electrons. The van der Waals surface area contributed by atoms with Crippen LogP contribution in [0.2, 0.25) is 0 Å². The van der Waals surface area contributed by atoms with Crippen LogP contribution in [-0.2, 0) is 22.6 Å². The number of amides is 1. The minimum Gasteiger partial charge on any atom is -0.461 e. The van der Waals surface area contributed by atoms with Gasteiger partial charge in [0.15, 0.2) is 0 Å². The summed E-state index contributed by atoms with van der Waals surface area (Å²) in [5.74, 6) is -0.470. The Morgan fingerprint density at radius 2 is 1.19 bits per heavy atom. The number of carbonyl (C=O) groups is 2. The molecule has 32 heavy (non-hydrogen) atoms. The number of nitrogens with one attached hydrogen (secondary N) is 1. The largest absolute Gasteiger partial charge is 0.461 e. The number of anilines is 1. The molecule has 0 heterocycles. The van der Waals surface area contributed by atoms with Crippen molar-refractivity contribution in [1.29, 1.82) is 0 Å². The lowest BCUT2D eigenvalue weighted by atomic mass is 10.0. The monoisotopic (exact) mass is 421 g/mol. The first kappa shape index (κ1) is 21.1. The van der Waals surface area contributed by atoms with Gasteiger partial charge in [0.1, 0.15) is 6.61 Å². The molecule has 0 unspecified atom stereocenters. The summed E-state index contributed by atoms with van der Waals surface area (Å²) in [5.41, 5.74) is 5.27. The van der Waals surface area contributed by atoms with E-state index >= 15 is 0 Å². The Morgan fingerprint density at radius 1 is 0.625 bits per heavy atom. The Hall–Kier alpha value is -4.18. The maximum atomic E-state index is 12.3. The van der Waals surface area contributed by atoms with Gasteiger partial charge in [-0.3, -0.25) is 9.59 Å². The third-order valence-corrected chi connectivity index (χ3v) is 5.06. The van der Waals surface area contributed by atoms with E-state index in [4.69, 9.17) is 4.74 Å². The van der Waals surface area contributed by atoms with Crippen LogP contribution in [0.25, 0.3) is 11.1 Å². The summed E-state index contributed by atoms with van der Waals surface area (Å²) in [6, 6.07) is 34.4. The van der Waals surface area contributed by atoms with E-state index in [1.807, 2.05) is 72.8 Å². The summed E-state index contributed by atoms with van der Waals surface area (Å²) < 4.78 is 5.40. The van der Waals surface area contributed by atoms with Crippen LogP contribution in [0.15, 0.2) is 109 Å². The molecule has 0 aromatic heterocycles. The van der Waals surface area contributed by atoms with Gasteiger partial charge in [-0.05, 0) is 46.5 Å². The molecule has 0 saturated carbocycles. The maximum absolute atomic E-state index is 12.3. The van der Waals surface area contributed by atoms with Crippen molar-refractivity contribution in [2.24, 2.45) is 0 Å². The normalized spacial score (nSPS) is 10.4. The Morgan fingerprint density at radius 3 is 1.84 bits per heavy atom. The summed E-state index contributed by atoms with van der Waals surface area (Å²) in [6.07, 6.45) is 0.215. The summed E-state index contributed by atoms with van der Waals surface area (Å²) >= 11 is 0. The van der Waals surface area contributed by atoms with Crippen molar-refractivity contribution in [1.82, 2.24) is 0 Å². The fourth-order valence-electron chi connectivity index (χ4n) is 3.30. The minimum atomic E-state index is -0.289. The molecule has 4 aromatic carbocycles. The Bertz CT molecular complexity index is 1170. The summed E-state index contributed by atoms with van der Waals surface area (Å²) in [5, 5.41) is 2.85. The van der Waals surface area contributed by atoms with Gasteiger partial charge >= 0.3 is 5.97 Å². The Kier molecular flexibility index (Phi) is 6.73. The van der Waals surface area contributed by atoms with E-state index in [1.54, 1.807) is 24.3 Å². The highest BCUT2D eigenvalue weighted by atomic mass is 16.5. The molecule has 4 heteroatoms. The molecular formula is C28H23NO3. The van der Waals surface area contributed by atoms with Crippen molar-refractivity contribution in [3.05, 3.63) is 126 Å². The van der Waals surface area contributed by atoms with Crippen molar-refractivity contribution >= 4 is 17.6 Å². The van der Waals surface area contributed by atoms with Gasteiger partial charge < -0.3 is 10.1 Å². The number of para-hydroxylation sites is 1. The molecule has 1 N–H and O–H groups in total. The molecule has 1 amide bonds. The predicted octanol–water partition coefficient (Wildman–Crippen LogP) is 5.89.